The lowest BCUT2D eigenvalue weighted by Crippen LogP contribution is -2.27. The second kappa shape index (κ2) is 9.22. The largest absolute Gasteiger partial charge is 0.497 e. The molecule has 1 heterocycles. The van der Waals surface area contributed by atoms with Gasteiger partial charge in [0.05, 0.1) is 25.6 Å². The van der Waals surface area contributed by atoms with Crippen LogP contribution in [0.25, 0.3) is 23.0 Å². The van der Waals surface area contributed by atoms with Crippen LogP contribution in [0.1, 0.15) is 10.4 Å². The lowest BCUT2D eigenvalue weighted by molar-refractivity contribution is 0.0967. The van der Waals surface area contributed by atoms with Crippen LogP contribution in [0.4, 0.5) is 0 Å². The summed E-state index contributed by atoms with van der Waals surface area (Å²) in [6.45, 7) is 0. The normalized spacial score (nSPS) is 10.9. The molecule has 6 heteroatoms. The maximum atomic E-state index is 13.3. The first-order valence-electron chi connectivity index (χ1n) is 10.0. The first-order chi connectivity index (χ1) is 15.6. The van der Waals surface area contributed by atoms with Gasteiger partial charge in [-0.3, -0.25) is 9.36 Å². The third-order valence-electron chi connectivity index (χ3n) is 5.06. The number of imidazole rings is 1. The van der Waals surface area contributed by atoms with Crippen molar-refractivity contribution >= 4 is 12.0 Å². The highest BCUT2D eigenvalue weighted by atomic mass is 16.5. The predicted molar refractivity (Wildman–Crippen MR) is 125 cm³/mol. The van der Waals surface area contributed by atoms with Crippen LogP contribution in [-0.2, 0) is 0 Å². The molecule has 0 aliphatic heterocycles. The molecule has 4 rings (SSSR count). The van der Waals surface area contributed by atoms with Crippen LogP contribution in [0.15, 0.2) is 95.9 Å². The van der Waals surface area contributed by atoms with Crippen molar-refractivity contribution in [1.82, 2.24) is 9.13 Å². The van der Waals surface area contributed by atoms with Gasteiger partial charge >= 0.3 is 5.69 Å². The monoisotopic (exact) mass is 426 g/mol. The molecular weight excluding hydrogens is 404 g/mol. The molecule has 32 heavy (non-hydrogen) atoms. The van der Waals surface area contributed by atoms with Crippen molar-refractivity contribution in [3.8, 4) is 28.4 Å². The van der Waals surface area contributed by atoms with Gasteiger partial charge in [-0.15, -0.1) is 0 Å². The topological polar surface area (TPSA) is 62.5 Å². The van der Waals surface area contributed by atoms with Gasteiger partial charge in [-0.25, -0.2) is 9.36 Å². The van der Waals surface area contributed by atoms with Crippen molar-refractivity contribution in [2.75, 3.05) is 14.2 Å². The standard InChI is InChI=1S/C26H22N2O4/c1-31-22-13-8-19(9-14-22)10-17-25(29)28-24(20-11-15-23(32-2)16-12-20)18-27(26(28)30)21-6-4-3-5-7-21/h3-18H,1-2H3/b17-10+. The summed E-state index contributed by atoms with van der Waals surface area (Å²) in [5, 5.41) is 0. The molecule has 4 aromatic rings. The van der Waals surface area contributed by atoms with Crippen LogP contribution in [-0.4, -0.2) is 29.3 Å². The molecule has 0 saturated heterocycles. The minimum absolute atomic E-state index is 0.439. The molecule has 0 bridgehead atoms. The fourth-order valence-corrected chi connectivity index (χ4v) is 3.36. The van der Waals surface area contributed by atoms with E-state index in [1.807, 2.05) is 66.7 Å². The fraction of sp³-hybridized carbons (Fsp3) is 0.0769. The van der Waals surface area contributed by atoms with Gasteiger partial charge in [-0.1, -0.05) is 30.3 Å². The maximum absolute atomic E-state index is 13.3. The number of methoxy groups -OCH3 is 2. The van der Waals surface area contributed by atoms with Crippen LogP contribution in [0.5, 0.6) is 11.5 Å². The van der Waals surface area contributed by atoms with E-state index in [2.05, 4.69) is 0 Å². The van der Waals surface area contributed by atoms with Crippen molar-refractivity contribution < 1.29 is 14.3 Å². The first kappa shape index (κ1) is 20.9. The van der Waals surface area contributed by atoms with E-state index >= 15 is 0 Å². The Labute approximate surface area is 185 Å². The SMILES string of the molecule is COc1ccc(/C=C/C(=O)n2c(-c3ccc(OC)cc3)cn(-c3ccccc3)c2=O)cc1. The zero-order valence-corrected chi connectivity index (χ0v) is 17.8. The molecule has 0 fully saturated rings. The van der Waals surface area contributed by atoms with Gasteiger partial charge in [0.25, 0.3) is 5.91 Å². The fourth-order valence-electron chi connectivity index (χ4n) is 3.36. The molecule has 0 radical (unpaired) electrons. The number of aromatic nitrogens is 2. The van der Waals surface area contributed by atoms with Crippen molar-refractivity contribution in [3.63, 3.8) is 0 Å². The molecule has 0 unspecified atom stereocenters. The number of ether oxygens (including phenoxy) is 2. The minimum Gasteiger partial charge on any atom is -0.497 e. The first-order valence-corrected chi connectivity index (χ1v) is 10.0. The Kier molecular flexibility index (Phi) is 6.03. The number of rotatable bonds is 6. The Morgan fingerprint density at radius 3 is 2.00 bits per heavy atom. The second-order valence-electron chi connectivity index (χ2n) is 7.01. The quantitative estimate of drug-likeness (QED) is 0.420. The van der Waals surface area contributed by atoms with E-state index < -0.39 is 11.6 Å². The number of carbonyl (C=O) groups excluding carboxylic acids is 1. The van der Waals surface area contributed by atoms with Gasteiger partial charge in [-0.05, 0) is 60.2 Å². The average Bonchev–Trinajstić information content (AvgIpc) is 3.20. The van der Waals surface area contributed by atoms with Crippen LogP contribution in [0.2, 0.25) is 0 Å². The van der Waals surface area contributed by atoms with E-state index in [9.17, 15) is 9.59 Å². The van der Waals surface area contributed by atoms with Gasteiger partial charge in [0.1, 0.15) is 11.5 Å². The highest BCUT2D eigenvalue weighted by Crippen LogP contribution is 2.23. The minimum atomic E-state index is -0.439. The van der Waals surface area contributed by atoms with Gasteiger partial charge in [0.15, 0.2) is 0 Å². The lowest BCUT2D eigenvalue weighted by atomic mass is 10.1. The Bertz CT molecular complexity index is 1300. The van der Waals surface area contributed by atoms with Crippen LogP contribution in [0.3, 0.4) is 0 Å². The summed E-state index contributed by atoms with van der Waals surface area (Å²) in [6, 6.07) is 23.7. The smallest absolute Gasteiger partial charge is 0.340 e. The van der Waals surface area contributed by atoms with E-state index in [1.165, 1.54) is 15.2 Å². The summed E-state index contributed by atoms with van der Waals surface area (Å²) < 4.78 is 13.0. The van der Waals surface area contributed by atoms with E-state index in [0.29, 0.717) is 17.1 Å². The van der Waals surface area contributed by atoms with Gasteiger partial charge in [0.2, 0.25) is 0 Å². The Morgan fingerprint density at radius 2 is 1.41 bits per heavy atom. The summed E-state index contributed by atoms with van der Waals surface area (Å²) in [4.78, 5) is 26.4. The lowest BCUT2D eigenvalue weighted by Gasteiger charge is -2.05. The molecule has 6 nitrogen and oxygen atoms in total. The van der Waals surface area contributed by atoms with Gasteiger partial charge in [0, 0.05) is 17.8 Å². The molecular formula is C26H22N2O4. The van der Waals surface area contributed by atoms with Gasteiger partial charge in [-0.2, -0.15) is 0 Å². The molecule has 0 spiro atoms. The van der Waals surface area contributed by atoms with E-state index in [0.717, 1.165) is 16.9 Å². The Balaban J connectivity index is 1.77. The van der Waals surface area contributed by atoms with Crippen molar-refractivity contribution in [3.05, 3.63) is 107 Å². The zero-order valence-electron chi connectivity index (χ0n) is 17.8. The summed E-state index contributed by atoms with van der Waals surface area (Å²) in [6.07, 6.45) is 4.75. The number of allylic oxidation sites excluding steroid dienone is 1. The van der Waals surface area contributed by atoms with Crippen LogP contribution >= 0.6 is 0 Å². The molecule has 0 N–H and O–H groups in total. The predicted octanol–water partition coefficient (Wildman–Crippen LogP) is 4.68. The molecule has 1 aromatic heterocycles. The number of para-hydroxylation sites is 1. The maximum Gasteiger partial charge on any atom is 0.340 e. The highest BCUT2D eigenvalue weighted by molar-refractivity contribution is 5.96. The molecule has 160 valence electrons. The Morgan fingerprint density at radius 1 is 0.812 bits per heavy atom. The summed E-state index contributed by atoms with van der Waals surface area (Å²) >= 11 is 0. The highest BCUT2D eigenvalue weighted by Gasteiger charge is 2.18. The summed E-state index contributed by atoms with van der Waals surface area (Å²) in [5.41, 5.74) is 2.28. The number of benzene rings is 3. The molecule has 0 aliphatic carbocycles. The number of hydrogen-bond donors (Lipinski definition) is 0. The third-order valence-corrected chi connectivity index (χ3v) is 5.06. The number of carbonyl (C=O) groups is 1. The number of nitrogens with zero attached hydrogens (tertiary/aromatic N) is 2. The van der Waals surface area contributed by atoms with Crippen molar-refractivity contribution in [2.45, 2.75) is 0 Å². The number of hydrogen-bond acceptors (Lipinski definition) is 4. The van der Waals surface area contributed by atoms with E-state index in [-0.39, 0.29) is 0 Å². The summed E-state index contributed by atoms with van der Waals surface area (Å²) in [7, 11) is 3.18. The zero-order chi connectivity index (χ0) is 22.5. The molecule has 0 amide bonds. The molecule has 3 aromatic carbocycles. The molecule has 0 saturated carbocycles. The van der Waals surface area contributed by atoms with E-state index in [1.54, 1.807) is 38.6 Å². The van der Waals surface area contributed by atoms with Crippen LogP contribution in [0, 0.1) is 0 Å². The third kappa shape index (κ3) is 4.25. The van der Waals surface area contributed by atoms with E-state index in [4.69, 9.17) is 9.47 Å². The van der Waals surface area contributed by atoms with Crippen LogP contribution < -0.4 is 15.2 Å². The van der Waals surface area contributed by atoms with Crippen molar-refractivity contribution in [1.29, 1.82) is 0 Å². The Hall–Kier alpha value is -4.32. The van der Waals surface area contributed by atoms with Crippen molar-refractivity contribution in [2.24, 2.45) is 0 Å². The second-order valence-corrected chi connectivity index (χ2v) is 7.01. The molecule has 0 aliphatic rings. The summed E-state index contributed by atoms with van der Waals surface area (Å²) in [5.74, 6) is 0.980. The molecule has 0 atom stereocenters. The average molecular weight is 426 g/mol. The van der Waals surface area contributed by atoms with Gasteiger partial charge < -0.3 is 9.47 Å².